The summed E-state index contributed by atoms with van der Waals surface area (Å²) in [6.45, 7) is 8.63. The Morgan fingerprint density at radius 3 is 2.70 bits per heavy atom. The fraction of sp³-hybridized carbons (Fsp3) is 0.421. The number of likely N-dealkylation sites (N-methyl/N-ethyl adjacent to an activating group) is 1. The van der Waals surface area contributed by atoms with E-state index in [0.29, 0.717) is 6.61 Å². The third kappa shape index (κ3) is 4.12. The minimum atomic E-state index is 0.657. The minimum Gasteiger partial charge on any atom is -0.494 e. The molecule has 3 heterocycles. The fourth-order valence-corrected chi connectivity index (χ4v) is 4.04. The Hall–Kier alpha value is -2.45. The first kappa shape index (κ1) is 17.9. The van der Waals surface area contributed by atoms with Crippen molar-refractivity contribution in [2.24, 2.45) is 0 Å². The maximum Gasteiger partial charge on any atom is 0.189 e. The summed E-state index contributed by atoms with van der Waals surface area (Å²) in [4.78, 5) is 18.5. The third-order valence-corrected chi connectivity index (χ3v) is 5.49. The van der Waals surface area contributed by atoms with Gasteiger partial charge in [-0.25, -0.2) is 15.0 Å². The van der Waals surface area contributed by atoms with Gasteiger partial charge in [0.1, 0.15) is 23.2 Å². The van der Waals surface area contributed by atoms with Crippen molar-refractivity contribution in [3.63, 3.8) is 0 Å². The number of nitrogens with one attached hydrogen (secondary N) is 1. The van der Waals surface area contributed by atoms with Gasteiger partial charge in [0.2, 0.25) is 0 Å². The molecule has 1 aliphatic rings. The van der Waals surface area contributed by atoms with E-state index >= 15 is 0 Å². The molecule has 3 aromatic rings. The molecule has 2 aromatic heterocycles. The van der Waals surface area contributed by atoms with Crippen LogP contribution in [0.4, 0.5) is 16.8 Å². The highest BCUT2D eigenvalue weighted by Gasteiger charge is 2.17. The van der Waals surface area contributed by atoms with Crippen molar-refractivity contribution in [2.75, 3.05) is 50.1 Å². The van der Waals surface area contributed by atoms with Crippen molar-refractivity contribution in [1.82, 2.24) is 19.9 Å². The van der Waals surface area contributed by atoms with Crippen LogP contribution < -0.4 is 15.0 Å². The zero-order valence-corrected chi connectivity index (χ0v) is 16.7. The zero-order chi connectivity index (χ0) is 18.8. The lowest BCUT2D eigenvalue weighted by Gasteiger charge is -2.33. The van der Waals surface area contributed by atoms with E-state index < -0.39 is 0 Å². The molecule has 0 spiro atoms. The van der Waals surface area contributed by atoms with Gasteiger partial charge in [-0.2, -0.15) is 0 Å². The van der Waals surface area contributed by atoms with Crippen LogP contribution >= 0.6 is 11.3 Å². The summed E-state index contributed by atoms with van der Waals surface area (Å²) in [6.07, 6.45) is 0. The van der Waals surface area contributed by atoms with Crippen LogP contribution in [0.1, 0.15) is 12.7 Å². The van der Waals surface area contributed by atoms with Gasteiger partial charge in [0.05, 0.1) is 16.8 Å². The number of hydrogen-bond acceptors (Lipinski definition) is 8. The summed E-state index contributed by atoms with van der Waals surface area (Å²) in [7, 11) is 2.15. The van der Waals surface area contributed by atoms with Crippen LogP contribution in [0, 0.1) is 6.92 Å². The Morgan fingerprint density at radius 2 is 1.93 bits per heavy atom. The Morgan fingerprint density at radius 1 is 1.11 bits per heavy atom. The second kappa shape index (κ2) is 7.66. The van der Waals surface area contributed by atoms with Gasteiger partial charge < -0.3 is 19.9 Å². The molecule has 0 bridgehead atoms. The van der Waals surface area contributed by atoms with E-state index in [1.165, 1.54) is 0 Å². The smallest absolute Gasteiger partial charge is 0.189 e. The van der Waals surface area contributed by atoms with Gasteiger partial charge in [-0.05, 0) is 39.1 Å². The molecule has 8 heteroatoms. The molecule has 1 N–H and O–H groups in total. The number of benzene rings is 1. The predicted octanol–water partition coefficient (Wildman–Crippen LogP) is 3.29. The number of piperazine rings is 1. The van der Waals surface area contributed by atoms with Gasteiger partial charge in [-0.15, -0.1) is 0 Å². The number of anilines is 3. The van der Waals surface area contributed by atoms with Crippen molar-refractivity contribution in [3.8, 4) is 5.75 Å². The Kier molecular flexibility index (Phi) is 5.09. The van der Waals surface area contributed by atoms with Gasteiger partial charge >= 0.3 is 0 Å². The molecule has 1 aromatic carbocycles. The molecular weight excluding hydrogens is 360 g/mol. The van der Waals surface area contributed by atoms with E-state index in [9.17, 15) is 0 Å². The summed E-state index contributed by atoms with van der Waals surface area (Å²) in [6, 6.07) is 7.98. The molecule has 142 valence electrons. The average Bonchev–Trinajstić information content (AvgIpc) is 3.03. The molecule has 0 amide bonds. The van der Waals surface area contributed by atoms with Crippen LogP contribution in [0.3, 0.4) is 0 Å². The molecule has 4 rings (SSSR count). The van der Waals surface area contributed by atoms with Crippen LogP contribution in [-0.4, -0.2) is 59.7 Å². The van der Waals surface area contributed by atoms with E-state index in [1.807, 2.05) is 38.1 Å². The Bertz CT molecular complexity index is 935. The Balaban J connectivity index is 1.56. The molecule has 1 fully saturated rings. The zero-order valence-electron chi connectivity index (χ0n) is 15.9. The minimum absolute atomic E-state index is 0.657. The van der Waals surface area contributed by atoms with Gasteiger partial charge in [0.15, 0.2) is 5.13 Å². The van der Waals surface area contributed by atoms with Crippen LogP contribution in [0.25, 0.3) is 10.2 Å². The highest BCUT2D eigenvalue weighted by Crippen LogP contribution is 2.31. The molecule has 0 saturated carbocycles. The number of nitrogens with zero attached hydrogens (tertiary/aromatic N) is 5. The highest BCUT2D eigenvalue weighted by molar-refractivity contribution is 7.22. The first-order valence-corrected chi connectivity index (χ1v) is 10.0. The summed E-state index contributed by atoms with van der Waals surface area (Å²) >= 11 is 1.60. The van der Waals surface area contributed by atoms with Crippen LogP contribution in [0.5, 0.6) is 5.75 Å². The molecule has 0 radical (unpaired) electrons. The summed E-state index contributed by atoms with van der Waals surface area (Å²) in [5.74, 6) is 3.38. The molecule has 0 unspecified atom stereocenters. The number of aromatic nitrogens is 3. The molecule has 27 heavy (non-hydrogen) atoms. The highest BCUT2D eigenvalue weighted by atomic mass is 32.1. The third-order valence-electron chi connectivity index (χ3n) is 4.56. The fourth-order valence-electron chi connectivity index (χ4n) is 3.14. The van der Waals surface area contributed by atoms with Crippen molar-refractivity contribution in [3.05, 3.63) is 30.1 Å². The van der Waals surface area contributed by atoms with Crippen LogP contribution in [-0.2, 0) is 0 Å². The maximum atomic E-state index is 5.58. The summed E-state index contributed by atoms with van der Waals surface area (Å²) in [5.41, 5.74) is 0.955. The number of ether oxygens (including phenoxy) is 1. The van der Waals surface area contributed by atoms with Gasteiger partial charge in [0.25, 0.3) is 0 Å². The van der Waals surface area contributed by atoms with Gasteiger partial charge in [0, 0.05) is 32.2 Å². The number of fused-ring (bicyclic) bond motifs is 1. The maximum absolute atomic E-state index is 5.58. The van der Waals surface area contributed by atoms with Crippen molar-refractivity contribution in [2.45, 2.75) is 13.8 Å². The lowest BCUT2D eigenvalue weighted by molar-refractivity contribution is 0.312. The number of aryl methyl sites for hydroxylation is 1. The van der Waals surface area contributed by atoms with Crippen molar-refractivity contribution >= 4 is 38.3 Å². The standard InChI is InChI=1S/C19H24N6OS/c1-4-26-14-5-6-15-16(11-14)27-19(22-15)23-17-12-18(21-13(2)20-17)25-9-7-24(3)8-10-25/h5-6,11-12H,4,7-10H2,1-3H3,(H,20,21,22,23). The predicted molar refractivity (Wildman–Crippen MR) is 111 cm³/mol. The van der Waals surface area contributed by atoms with E-state index in [0.717, 1.165) is 64.7 Å². The molecule has 0 aliphatic carbocycles. The van der Waals surface area contributed by atoms with Crippen molar-refractivity contribution in [1.29, 1.82) is 0 Å². The quantitative estimate of drug-likeness (QED) is 0.724. The Labute approximate surface area is 163 Å². The number of hydrogen-bond donors (Lipinski definition) is 1. The normalized spacial score (nSPS) is 15.3. The van der Waals surface area contributed by atoms with Gasteiger partial charge in [-0.1, -0.05) is 11.3 Å². The average molecular weight is 385 g/mol. The molecule has 7 nitrogen and oxygen atoms in total. The van der Waals surface area contributed by atoms with E-state index in [4.69, 9.17) is 4.74 Å². The lowest BCUT2D eigenvalue weighted by Crippen LogP contribution is -2.44. The van der Waals surface area contributed by atoms with E-state index in [1.54, 1.807) is 11.3 Å². The first-order chi connectivity index (χ1) is 13.1. The summed E-state index contributed by atoms with van der Waals surface area (Å²) in [5, 5.41) is 4.17. The second-order valence-electron chi connectivity index (χ2n) is 6.66. The topological polar surface area (TPSA) is 66.4 Å². The molecule has 0 atom stereocenters. The van der Waals surface area contributed by atoms with Crippen molar-refractivity contribution < 1.29 is 4.74 Å². The summed E-state index contributed by atoms with van der Waals surface area (Å²) < 4.78 is 6.67. The number of rotatable bonds is 5. The monoisotopic (exact) mass is 384 g/mol. The molecule has 1 saturated heterocycles. The number of thiazole rings is 1. The second-order valence-corrected chi connectivity index (χ2v) is 7.69. The van der Waals surface area contributed by atoms with E-state index in [-0.39, 0.29) is 0 Å². The van der Waals surface area contributed by atoms with Crippen LogP contribution in [0.2, 0.25) is 0 Å². The van der Waals surface area contributed by atoms with Gasteiger partial charge in [-0.3, -0.25) is 0 Å². The van der Waals surface area contributed by atoms with Crippen LogP contribution in [0.15, 0.2) is 24.3 Å². The largest absolute Gasteiger partial charge is 0.494 e. The first-order valence-electron chi connectivity index (χ1n) is 9.20. The molecule has 1 aliphatic heterocycles. The molecular formula is C19H24N6OS. The van der Waals surface area contributed by atoms with E-state index in [2.05, 4.69) is 37.1 Å². The SMILES string of the molecule is CCOc1ccc2nc(Nc3cc(N4CCN(C)CC4)nc(C)n3)sc2c1. The lowest BCUT2D eigenvalue weighted by atomic mass is 10.3.